The summed E-state index contributed by atoms with van der Waals surface area (Å²) in [7, 11) is 0. The molecule has 2 heteroatoms. The van der Waals surface area contributed by atoms with Crippen molar-refractivity contribution >= 4 is 11.6 Å². The first kappa shape index (κ1) is 10.1. The van der Waals surface area contributed by atoms with E-state index in [4.69, 9.17) is 16.3 Å². The highest BCUT2D eigenvalue weighted by molar-refractivity contribution is 6.18. The van der Waals surface area contributed by atoms with E-state index in [-0.39, 0.29) is 5.41 Å². The van der Waals surface area contributed by atoms with Crippen molar-refractivity contribution in [2.45, 2.75) is 19.8 Å². The molecule has 1 aliphatic carbocycles. The highest BCUT2D eigenvalue weighted by Gasteiger charge is 2.24. The zero-order valence-corrected chi connectivity index (χ0v) is 8.44. The molecule has 0 radical (unpaired) electrons. The molecule has 0 heterocycles. The van der Waals surface area contributed by atoms with E-state index in [1.54, 1.807) is 0 Å². The predicted octanol–water partition coefficient (Wildman–Crippen LogP) is 2.84. The second-order valence-corrected chi connectivity index (χ2v) is 4.22. The Labute approximate surface area is 79.7 Å². The molecular weight excluding hydrogens is 172 g/mol. The van der Waals surface area contributed by atoms with Gasteiger partial charge in [-0.25, -0.2) is 0 Å². The van der Waals surface area contributed by atoms with Gasteiger partial charge in [-0.05, 0) is 18.8 Å². The topological polar surface area (TPSA) is 9.23 Å². The Morgan fingerprint density at radius 1 is 1.67 bits per heavy atom. The third-order valence-electron chi connectivity index (χ3n) is 2.28. The molecule has 0 aromatic heterocycles. The maximum absolute atomic E-state index is 5.79. The summed E-state index contributed by atoms with van der Waals surface area (Å²) < 4.78 is 5.55. The Hall–Kier alpha value is -0.0100. The lowest BCUT2D eigenvalue weighted by Gasteiger charge is -2.22. The number of rotatable bonds is 6. The summed E-state index contributed by atoms with van der Waals surface area (Å²) in [6.45, 7) is 7.43. The molecule has 0 spiro atoms. The molecule has 1 nitrogen and oxygen atoms in total. The Morgan fingerprint density at radius 2 is 2.33 bits per heavy atom. The van der Waals surface area contributed by atoms with Gasteiger partial charge < -0.3 is 4.74 Å². The van der Waals surface area contributed by atoms with Crippen LogP contribution >= 0.6 is 11.6 Å². The van der Waals surface area contributed by atoms with Gasteiger partial charge in [-0.1, -0.05) is 13.0 Å². The number of ether oxygens (including phenoxy) is 1. The second-order valence-electron chi connectivity index (χ2n) is 3.95. The molecule has 0 amide bonds. The highest BCUT2D eigenvalue weighted by Crippen LogP contribution is 2.30. The molecule has 12 heavy (non-hydrogen) atoms. The van der Waals surface area contributed by atoms with Crippen LogP contribution in [0.4, 0.5) is 0 Å². The van der Waals surface area contributed by atoms with Gasteiger partial charge in [-0.2, -0.15) is 0 Å². The van der Waals surface area contributed by atoms with E-state index in [2.05, 4.69) is 13.5 Å². The number of hydrogen-bond donors (Lipinski definition) is 0. The fourth-order valence-electron chi connectivity index (χ4n) is 0.895. The van der Waals surface area contributed by atoms with Crippen molar-refractivity contribution in [1.29, 1.82) is 0 Å². The van der Waals surface area contributed by atoms with Gasteiger partial charge >= 0.3 is 0 Å². The highest BCUT2D eigenvalue weighted by atomic mass is 35.5. The standard InChI is InChI=1S/C10H17ClO/c1-3-10(2,7-11)8-12-6-9-4-5-9/h3,9H,1,4-8H2,2H3. The van der Waals surface area contributed by atoms with Crippen LogP contribution in [0.25, 0.3) is 0 Å². The van der Waals surface area contributed by atoms with Crippen LogP contribution in [-0.2, 0) is 4.74 Å². The van der Waals surface area contributed by atoms with Crippen LogP contribution in [0.1, 0.15) is 19.8 Å². The summed E-state index contributed by atoms with van der Waals surface area (Å²) in [5.74, 6) is 1.41. The third-order valence-corrected chi connectivity index (χ3v) is 2.89. The maximum Gasteiger partial charge on any atom is 0.0565 e. The molecule has 0 saturated heterocycles. The Morgan fingerprint density at radius 3 is 2.75 bits per heavy atom. The third kappa shape index (κ3) is 3.16. The molecule has 1 unspecified atom stereocenters. The number of alkyl halides is 1. The number of hydrogen-bond acceptors (Lipinski definition) is 1. The molecule has 1 fully saturated rings. The quantitative estimate of drug-likeness (QED) is 0.460. The molecule has 1 atom stereocenters. The molecule has 0 N–H and O–H groups in total. The number of halogens is 1. The maximum atomic E-state index is 5.79. The molecule has 1 aliphatic rings. The molecule has 0 aromatic rings. The summed E-state index contributed by atoms with van der Waals surface area (Å²) in [6.07, 6.45) is 4.56. The molecule has 70 valence electrons. The van der Waals surface area contributed by atoms with Crippen LogP contribution in [0.5, 0.6) is 0 Å². The zero-order chi connectivity index (χ0) is 9.03. The lowest BCUT2D eigenvalue weighted by Crippen LogP contribution is -2.23. The second kappa shape index (κ2) is 4.29. The van der Waals surface area contributed by atoms with Crippen molar-refractivity contribution in [2.75, 3.05) is 19.1 Å². The first-order chi connectivity index (χ1) is 5.70. The van der Waals surface area contributed by atoms with E-state index in [1.807, 2.05) is 6.08 Å². The smallest absolute Gasteiger partial charge is 0.0565 e. The van der Waals surface area contributed by atoms with E-state index < -0.39 is 0 Å². The SMILES string of the molecule is C=CC(C)(CCl)COCC1CC1. The van der Waals surface area contributed by atoms with Crippen LogP contribution in [0.15, 0.2) is 12.7 Å². The largest absolute Gasteiger partial charge is 0.380 e. The van der Waals surface area contributed by atoms with Crippen molar-refractivity contribution in [3.8, 4) is 0 Å². The van der Waals surface area contributed by atoms with Gasteiger partial charge in [-0.3, -0.25) is 0 Å². The molecule has 1 saturated carbocycles. The van der Waals surface area contributed by atoms with Gasteiger partial charge in [0.2, 0.25) is 0 Å². The van der Waals surface area contributed by atoms with Crippen molar-refractivity contribution < 1.29 is 4.74 Å². The van der Waals surface area contributed by atoms with Gasteiger partial charge in [0.05, 0.1) is 6.61 Å². The van der Waals surface area contributed by atoms with Gasteiger partial charge in [0.1, 0.15) is 0 Å². The summed E-state index contributed by atoms with van der Waals surface area (Å²) in [5.41, 5.74) is -0.0452. The van der Waals surface area contributed by atoms with Crippen LogP contribution in [0.3, 0.4) is 0 Å². The van der Waals surface area contributed by atoms with Crippen LogP contribution in [-0.4, -0.2) is 19.1 Å². The van der Waals surface area contributed by atoms with Gasteiger partial charge in [0.25, 0.3) is 0 Å². The van der Waals surface area contributed by atoms with Crippen LogP contribution in [0.2, 0.25) is 0 Å². The summed E-state index contributed by atoms with van der Waals surface area (Å²) in [5, 5.41) is 0. The monoisotopic (exact) mass is 188 g/mol. The van der Waals surface area contributed by atoms with Crippen LogP contribution in [0, 0.1) is 11.3 Å². The van der Waals surface area contributed by atoms with Crippen molar-refractivity contribution in [3.05, 3.63) is 12.7 Å². The zero-order valence-electron chi connectivity index (χ0n) is 7.68. The first-order valence-electron chi connectivity index (χ1n) is 4.47. The van der Waals surface area contributed by atoms with Gasteiger partial charge in [0.15, 0.2) is 0 Å². The Balaban J connectivity index is 2.12. The molecule has 0 bridgehead atoms. The lowest BCUT2D eigenvalue weighted by atomic mass is 9.95. The Kier molecular flexibility index (Phi) is 3.60. The van der Waals surface area contributed by atoms with Crippen LogP contribution < -0.4 is 0 Å². The minimum atomic E-state index is -0.0452. The minimum absolute atomic E-state index is 0.0452. The van der Waals surface area contributed by atoms with E-state index in [0.29, 0.717) is 12.5 Å². The minimum Gasteiger partial charge on any atom is -0.380 e. The van der Waals surface area contributed by atoms with Gasteiger partial charge in [0, 0.05) is 17.9 Å². The van der Waals surface area contributed by atoms with Crippen molar-refractivity contribution in [2.24, 2.45) is 11.3 Å². The average molecular weight is 189 g/mol. The van der Waals surface area contributed by atoms with E-state index in [1.165, 1.54) is 12.8 Å². The molecular formula is C10H17ClO. The Bertz CT molecular complexity index is 154. The fourth-order valence-corrected chi connectivity index (χ4v) is 1.08. The summed E-state index contributed by atoms with van der Waals surface area (Å²) in [6, 6.07) is 0. The normalized spacial score (nSPS) is 21.8. The molecule has 0 aliphatic heterocycles. The lowest BCUT2D eigenvalue weighted by molar-refractivity contribution is 0.0775. The first-order valence-corrected chi connectivity index (χ1v) is 5.01. The van der Waals surface area contributed by atoms with Crippen molar-refractivity contribution in [3.63, 3.8) is 0 Å². The van der Waals surface area contributed by atoms with Gasteiger partial charge in [-0.15, -0.1) is 18.2 Å². The molecule has 0 aromatic carbocycles. The predicted molar refractivity (Wildman–Crippen MR) is 52.6 cm³/mol. The van der Waals surface area contributed by atoms with E-state index in [9.17, 15) is 0 Å². The van der Waals surface area contributed by atoms with Crippen molar-refractivity contribution in [1.82, 2.24) is 0 Å². The van der Waals surface area contributed by atoms with E-state index >= 15 is 0 Å². The summed E-state index contributed by atoms with van der Waals surface area (Å²) in [4.78, 5) is 0. The average Bonchev–Trinajstić information content (AvgIpc) is 2.88. The fraction of sp³-hybridized carbons (Fsp3) is 0.800. The summed E-state index contributed by atoms with van der Waals surface area (Å²) >= 11 is 5.79. The molecule has 1 rings (SSSR count). The van der Waals surface area contributed by atoms with E-state index in [0.717, 1.165) is 12.5 Å².